The molecular formula is C12H27N. The smallest absolute Gasteiger partial charge is 0.0125 e. The van der Waals surface area contributed by atoms with Crippen molar-refractivity contribution < 1.29 is 0 Å². The van der Waals surface area contributed by atoms with Crippen LogP contribution in [-0.4, -0.2) is 5.54 Å². The second-order valence-electron chi connectivity index (χ2n) is 4.78. The molecule has 0 radical (unpaired) electrons. The molecular weight excluding hydrogens is 158 g/mol. The lowest BCUT2D eigenvalue weighted by atomic mass is 9.82. The Morgan fingerprint density at radius 2 is 1.69 bits per heavy atom. The van der Waals surface area contributed by atoms with Crippen LogP contribution in [0.4, 0.5) is 0 Å². The van der Waals surface area contributed by atoms with E-state index < -0.39 is 0 Å². The van der Waals surface area contributed by atoms with Gasteiger partial charge >= 0.3 is 0 Å². The van der Waals surface area contributed by atoms with E-state index in [1.807, 2.05) is 0 Å². The van der Waals surface area contributed by atoms with Crippen LogP contribution in [0.5, 0.6) is 0 Å². The highest BCUT2D eigenvalue weighted by Crippen LogP contribution is 2.23. The van der Waals surface area contributed by atoms with Gasteiger partial charge in [0.2, 0.25) is 0 Å². The van der Waals surface area contributed by atoms with Gasteiger partial charge in [-0.15, -0.1) is 0 Å². The van der Waals surface area contributed by atoms with Crippen LogP contribution in [0.1, 0.15) is 66.2 Å². The third-order valence-electron chi connectivity index (χ3n) is 2.95. The van der Waals surface area contributed by atoms with Crippen LogP contribution in [0.25, 0.3) is 0 Å². The maximum Gasteiger partial charge on any atom is 0.0125 e. The van der Waals surface area contributed by atoms with E-state index in [0.717, 1.165) is 0 Å². The summed E-state index contributed by atoms with van der Waals surface area (Å²) >= 11 is 0. The molecule has 0 aliphatic heterocycles. The third kappa shape index (κ3) is 6.09. The van der Waals surface area contributed by atoms with Crippen LogP contribution < -0.4 is 5.73 Å². The van der Waals surface area contributed by atoms with E-state index in [1.54, 1.807) is 0 Å². The zero-order valence-corrected chi connectivity index (χ0v) is 9.90. The van der Waals surface area contributed by atoms with Crippen molar-refractivity contribution >= 4 is 0 Å². The predicted molar refractivity (Wildman–Crippen MR) is 60.8 cm³/mol. The van der Waals surface area contributed by atoms with E-state index in [1.165, 1.54) is 38.5 Å². The van der Waals surface area contributed by atoms with Crippen LogP contribution in [0.2, 0.25) is 0 Å². The standard InChI is InChI=1S/C12H27N/c1-5-7-8-9-10-11(6-2)12(3,4)13/h11H,5-10,13H2,1-4H3. The van der Waals surface area contributed by atoms with E-state index in [4.69, 9.17) is 5.73 Å². The molecule has 0 bridgehead atoms. The number of rotatable bonds is 7. The largest absolute Gasteiger partial charge is 0.325 e. The molecule has 1 heteroatoms. The van der Waals surface area contributed by atoms with Gasteiger partial charge in [-0.25, -0.2) is 0 Å². The van der Waals surface area contributed by atoms with Crippen molar-refractivity contribution in [1.29, 1.82) is 0 Å². The molecule has 0 aromatic carbocycles. The van der Waals surface area contributed by atoms with Gasteiger partial charge in [-0.05, 0) is 26.2 Å². The lowest BCUT2D eigenvalue weighted by molar-refractivity contribution is 0.284. The molecule has 1 unspecified atom stereocenters. The summed E-state index contributed by atoms with van der Waals surface area (Å²) in [4.78, 5) is 0. The summed E-state index contributed by atoms with van der Waals surface area (Å²) in [5, 5.41) is 0. The maximum atomic E-state index is 6.10. The minimum atomic E-state index is 0.0148. The summed E-state index contributed by atoms with van der Waals surface area (Å²) in [6, 6.07) is 0. The van der Waals surface area contributed by atoms with Gasteiger partial charge in [0.25, 0.3) is 0 Å². The van der Waals surface area contributed by atoms with Gasteiger partial charge in [0, 0.05) is 5.54 Å². The van der Waals surface area contributed by atoms with Gasteiger partial charge in [0.15, 0.2) is 0 Å². The van der Waals surface area contributed by atoms with Gasteiger partial charge in [-0.2, -0.15) is 0 Å². The average molecular weight is 185 g/mol. The second kappa shape index (κ2) is 6.42. The SMILES string of the molecule is CCCCCCC(CC)C(C)(C)N. The van der Waals surface area contributed by atoms with Crippen molar-refractivity contribution in [1.82, 2.24) is 0 Å². The highest BCUT2D eigenvalue weighted by molar-refractivity contribution is 4.80. The monoisotopic (exact) mass is 185 g/mol. The topological polar surface area (TPSA) is 26.0 Å². The molecule has 1 nitrogen and oxygen atoms in total. The zero-order chi connectivity index (χ0) is 10.3. The Bertz CT molecular complexity index is 113. The minimum absolute atomic E-state index is 0.0148. The van der Waals surface area contributed by atoms with Crippen molar-refractivity contribution in [2.75, 3.05) is 0 Å². The first-order chi connectivity index (χ1) is 6.02. The summed E-state index contributed by atoms with van der Waals surface area (Å²) in [5.41, 5.74) is 6.12. The summed E-state index contributed by atoms with van der Waals surface area (Å²) in [7, 11) is 0. The van der Waals surface area contributed by atoms with Crippen molar-refractivity contribution in [3.8, 4) is 0 Å². The summed E-state index contributed by atoms with van der Waals surface area (Å²) < 4.78 is 0. The quantitative estimate of drug-likeness (QED) is 0.601. The highest BCUT2D eigenvalue weighted by Gasteiger charge is 2.22. The predicted octanol–water partition coefficient (Wildman–Crippen LogP) is 3.72. The molecule has 0 saturated heterocycles. The highest BCUT2D eigenvalue weighted by atomic mass is 14.7. The minimum Gasteiger partial charge on any atom is -0.325 e. The Kier molecular flexibility index (Phi) is 6.40. The van der Waals surface area contributed by atoms with Crippen molar-refractivity contribution in [3.63, 3.8) is 0 Å². The first-order valence-corrected chi connectivity index (χ1v) is 5.81. The number of hydrogen-bond donors (Lipinski definition) is 1. The van der Waals surface area contributed by atoms with Crippen molar-refractivity contribution in [2.24, 2.45) is 11.7 Å². The van der Waals surface area contributed by atoms with E-state index in [2.05, 4.69) is 27.7 Å². The molecule has 1 atom stereocenters. The first kappa shape index (κ1) is 13.0. The molecule has 0 spiro atoms. The Morgan fingerprint density at radius 1 is 1.08 bits per heavy atom. The van der Waals surface area contributed by atoms with E-state index in [0.29, 0.717) is 5.92 Å². The van der Waals surface area contributed by atoms with Gasteiger partial charge in [-0.1, -0.05) is 46.0 Å². The van der Waals surface area contributed by atoms with E-state index in [-0.39, 0.29) is 5.54 Å². The normalized spacial score (nSPS) is 14.5. The van der Waals surface area contributed by atoms with Crippen LogP contribution in [-0.2, 0) is 0 Å². The molecule has 0 heterocycles. The van der Waals surface area contributed by atoms with Crippen LogP contribution in [0, 0.1) is 5.92 Å². The third-order valence-corrected chi connectivity index (χ3v) is 2.95. The molecule has 0 aromatic heterocycles. The Hall–Kier alpha value is -0.0400. The van der Waals surface area contributed by atoms with Gasteiger partial charge in [0.1, 0.15) is 0 Å². The number of hydrogen-bond acceptors (Lipinski definition) is 1. The Balaban J connectivity index is 3.61. The lowest BCUT2D eigenvalue weighted by Gasteiger charge is -2.29. The fourth-order valence-corrected chi connectivity index (χ4v) is 1.92. The van der Waals surface area contributed by atoms with Gasteiger partial charge in [0.05, 0.1) is 0 Å². The average Bonchev–Trinajstić information content (AvgIpc) is 2.02. The molecule has 80 valence electrons. The van der Waals surface area contributed by atoms with Crippen molar-refractivity contribution in [2.45, 2.75) is 71.8 Å². The van der Waals surface area contributed by atoms with Gasteiger partial charge < -0.3 is 5.73 Å². The molecule has 0 aliphatic carbocycles. The molecule has 0 aliphatic rings. The molecule has 2 N–H and O–H groups in total. The van der Waals surface area contributed by atoms with E-state index >= 15 is 0 Å². The lowest BCUT2D eigenvalue weighted by Crippen LogP contribution is -2.40. The zero-order valence-electron chi connectivity index (χ0n) is 9.90. The van der Waals surface area contributed by atoms with Crippen LogP contribution in [0.15, 0.2) is 0 Å². The van der Waals surface area contributed by atoms with E-state index in [9.17, 15) is 0 Å². The van der Waals surface area contributed by atoms with Gasteiger partial charge in [-0.3, -0.25) is 0 Å². The summed E-state index contributed by atoms with van der Waals surface area (Å²) in [6.45, 7) is 8.81. The number of unbranched alkanes of at least 4 members (excludes halogenated alkanes) is 3. The first-order valence-electron chi connectivity index (χ1n) is 5.81. The Labute approximate surface area is 84.1 Å². The molecule has 13 heavy (non-hydrogen) atoms. The summed E-state index contributed by atoms with van der Waals surface area (Å²) in [5.74, 6) is 0.698. The van der Waals surface area contributed by atoms with Crippen LogP contribution >= 0.6 is 0 Å². The summed E-state index contributed by atoms with van der Waals surface area (Å²) in [6.07, 6.45) is 7.95. The second-order valence-corrected chi connectivity index (χ2v) is 4.78. The Morgan fingerprint density at radius 3 is 2.08 bits per heavy atom. The van der Waals surface area contributed by atoms with Crippen LogP contribution in [0.3, 0.4) is 0 Å². The van der Waals surface area contributed by atoms with Crippen molar-refractivity contribution in [3.05, 3.63) is 0 Å². The molecule has 0 rings (SSSR count). The molecule has 0 saturated carbocycles. The fourth-order valence-electron chi connectivity index (χ4n) is 1.92. The molecule has 0 fully saturated rings. The molecule has 0 aromatic rings. The fraction of sp³-hybridized carbons (Fsp3) is 1.00. The number of nitrogens with two attached hydrogens (primary N) is 1. The molecule has 0 amide bonds. The maximum absolute atomic E-state index is 6.10.